The first-order valence-corrected chi connectivity index (χ1v) is 6.62. The van der Waals surface area contributed by atoms with E-state index >= 15 is 0 Å². The van der Waals surface area contributed by atoms with Gasteiger partial charge < -0.3 is 9.72 Å². The molecule has 3 nitrogen and oxygen atoms in total. The summed E-state index contributed by atoms with van der Waals surface area (Å²) in [6, 6.07) is 9.83. The van der Waals surface area contributed by atoms with Crippen molar-refractivity contribution in [1.82, 2.24) is 9.97 Å². The van der Waals surface area contributed by atoms with Crippen LogP contribution in [0.4, 0.5) is 8.78 Å². The SMILES string of the molecule is COc1ccc(CCc2nc3c(F)cc(F)cc3[nH]2)cc1. The van der Waals surface area contributed by atoms with Crippen molar-refractivity contribution >= 4 is 11.0 Å². The summed E-state index contributed by atoms with van der Waals surface area (Å²) in [6.07, 6.45) is 1.38. The van der Waals surface area contributed by atoms with E-state index in [9.17, 15) is 8.78 Å². The van der Waals surface area contributed by atoms with E-state index in [0.717, 1.165) is 23.8 Å². The van der Waals surface area contributed by atoms with Gasteiger partial charge in [-0.05, 0) is 30.2 Å². The molecule has 0 amide bonds. The monoisotopic (exact) mass is 288 g/mol. The zero-order valence-corrected chi connectivity index (χ0v) is 11.5. The van der Waals surface area contributed by atoms with Crippen LogP contribution in [0.2, 0.25) is 0 Å². The van der Waals surface area contributed by atoms with Gasteiger partial charge in [0, 0.05) is 12.5 Å². The lowest BCUT2D eigenvalue weighted by Gasteiger charge is -2.02. The van der Waals surface area contributed by atoms with Crippen molar-refractivity contribution in [1.29, 1.82) is 0 Å². The summed E-state index contributed by atoms with van der Waals surface area (Å²) < 4.78 is 31.8. The fourth-order valence-electron chi connectivity index (χ4n) is 2.27. The number of aryl methyl sites for hydroxylation is 2. The molecule has 0 bridgehead atoms. The summed E-state index contributed by atoms with van der Waals surface area (Å²) in [5.41, 5.74) is 1.70. The van der Waals surface area contributed by atoms with Crippen molar-refractivity contribution in [2.24, 2.45) is 0 Å². The number of hydrogen-bond acceptors (Lipinski definition) is 2. The lowest BCUT2D eigenvalue weighted by atomic mass is 10.1. The zero-order valence-electron chi connectivity index (χ0n) is 11.5. The highest BCUT2D eigenvalue weighted by molar-refractivity contribution is 5.75. The number of methoxy groups -OCH3 is 1. The second-order valence-electron chi connectivity index (χ2n) is 4.82. The van der Waals surface area contributed by atoms with Crippen LogP contribution in [0.3, 0.4) is 0 Å². The number of aromatic amines is 1. The maximum absolute atomic E-state index is 13.6. The van der Waals surface area contributed by atoms with Gasteiger partial charge in [-0.15, -0.1) is 0 Å². The van der Waals surface area contributed by atoms with E-state index in [2.05, 4.69) is 9.97 Å². The third-order valence-corrected chi connectivity index (χ3v) is 3.36. The number of nitrogens with zero attached hydrogens (tertiary/aromatic N) is 1. The quantitative estimate of drug-likeness (QED) is 0.796. The Labute approximate surface area is 120 Å². The molecular formula is C16H14F2N2O. The van der Waals surface area contributed by atoms with Gasteiger partial charge in [-0.3, -0.25) is 0 Å². The largest absolute Gasteiger partial charge is 0.497 e. The van der Waals surface area contributed by atoms with Gasteiger partial charge in [0.05, 0.1) is 12.6 Å². The first-order chi connectivity index (χ1) is 10.2. The number of fused-ring (bicyclic) bond motifs is 1. The van der Waals surface area contributed by atoms with Gasteiger partial charge in [-0.1, -0.05) is 12.1 Å². The highest BCUT2D eigenvalue weighted by Crippen LogP contribution is 2.18. The Bertz CT molecular complexity index is 766. The molecule has 0 aliphatic carbocycles. The second kappa shape index (κ2) is 5.52. The van der Waals surface area contributed by atoms with Crippen molar-refractivity contribution in [3.05, 3.63) is 59.4 Å². The Morgan fingerprint density at radius 2 is 1.86 bits per heavy atom. The van der Waals surface area contributed by atoms with E-state index in [1.165, 1.54) is 6.07 Å². The van der Waals surface area contributed by atoms with E-state index in [1.54, 1.807) is 7.11 Å². The van der Waals surface area contributed by atoms with Crippen molar-refractivity contribution in [3.8, 4) is 5.75 Å². The molecule has 21 heavy (non-hydrogen) atoms. The average molecular weight is 288 g/mol. The predicted octanol–water partition coefficient (Wildman–Crippen LogP) is 3.63. The van der Waals surface area contributed by atoms with Gasteiger partial charge in [0.2, 0.25) is 0 Å². The number of ether oxygens (including phenoxy) is 1. The molecule has 0 spiro atoms. The van der Waals surface area contributed by atoms with Crippen molar-refractivity contribution in [3.63, 3.8) is 0 Å². The molecule has 0 atom stereocenters. The fourth-order valence-corrected chi connectivity index (χ4v) is 2.27. The molecule has 1 N–H and O–H groups in total. The predicted molar refractivity (Wildman–Crippen MR) is 76.4 cm³/mol. The highest BCUT2D eigenvalue weighted by Gasteiger charge is 2.09. The van der Waals surface area contributed by atoms with Crippen LogP contribution in [0, 0.1) is 11.6 Å². The molecular weight excluding hydrogens is 274 g/mol. The van der Waals surface area contributed by atoms with Gasteiger partial charge >= 0.3 is 0 Å². The molecule has 0 radical (unpaired) electrons. The summed E-state index contributed by atoms with van der Waals surface area (Å²) >= 11 is 0. The smallest absolute Gasteiger partial charge is 0.153 e. The van der Waals surface area contributed by atoms with Crippen LogP contribution in [0.25, 0.3) is 11.0 Å². The minimum atomic E-state index is -0.642. The maximum Gasteiger partial charge on any atom is 0.153 e. The van der Waals surface area contributed by atoms with E-state index in [0.29, 0.717) is 17.8 Å². The topological polar surface area (TPSA) is 37.9 Å². The Morgan fingerprint density at radius 1 is 1.10 bits per heavy atom. The molecule has 1 heterocycles. The van der Waals surface area contributed by atoms with Gasteiger partial charge in [0.15, 0.2) is 5.82 Å². The van der Waals surface area contributed by atoms with Gasteiger partial charge in [0.1, 0.15) is 22.9 Å². The van der Waals surface area contributed by atoms with E-state index in [4.69, 9.17) is 4.74 Å². The van der Waals surface area contributed by atoms with Gasteiger partial charge in [0.25, 0.3) is 0 Å². The van der Waals surface area contributed by atoms with Gasteiger partial charge in [-0.25, -0.2) is 13.8 Å². The molecule has 0 fully saturated rings. The number of H-pyrrole nitrogens is 1. The summed E-state index contributed by atoms with van der Waals surface area (Å²) in [5, 5.41) is 0. The molecule has 1 aromatic heterocycles. The number of benzene rings is 2. The highest BCUT2D eigenvalue weighted by atomic mass is 19.1. The number of imidazole rings is 1. The van der Waals surface area contributed by atoms with Crippen LogP contribution >= 0.6 is 0 Å². The van der Waals surface area contributed by atoms with Crippen LogP contribution in [-0.2, 0) is 12.8 Å². The normalized spacial score (nSPS) is 11.0. The Hall–Kier alpha value is -2.43. The van der Waals surface area contributed by atoms with Crippen LogP contribution in [0.5, 0.6) is 5.75 Å². The van der Waals surface area contributed by atoms with Crippen molar-refractivity contribution in [2.45, 2.75) is 12.8 Å². The number of aromatic nitrogens is 2. The molecule has 108 valence electrons. The first kappa shape index (κ1) is 13.5. The summed E-state index contributed by atoms with van der Waals surface area (Å²) in [7, 11) is 1.62. The minimum absolute atomic E-state index is 0.182. The van der Waals surface area contributed by atoms with Crippen molar-refractivity contribution in [2.75, 3.05) is 7.11 Å². The molecule has 0 saturated heterocycles. The molecule has 2 aromatic carbocycles. The Kier molecular flexibility index (Phi) is 3.56. The molecule has 3 aromatic rings. The minimum Gasteiger partial charge on any atom is -0.497 e. The Morgan fingerprint density at radius 3 is 2.57 bits per heavy atom. The number of nitrogens with one attached hydrogen (secondary N) is 1. The van der Waals surface area contributed by atoms with Crippen LogP contribution in [-0.4, -0.2) is 17.1 Å². The molecule has 0 saturated carbocycles. The first-order valence-electron chi connectivity index (χ1n) is 6.62. The third-order valence-electron chi connectivity index (χ3n) is 3.36. The maximum atomic E-state index is 13.6. The number of rotatable bonds is 4. The van der Waals surface area contributed by atoms with Gasteiger partial charge in [-0.2, -0.15) is 0 Å². The lowest BCUT2D eigenvalue weighted by molar-refractivity contribution is 0.414. The lowest BCUT2D eigenvalue weighted by Crippen LogP contribution is -1.93. The van der Waals surface area contributed by atoms with Crippen LogP contribution < -0.4 is 4.74 Å². The summed E-state index contributed by atoms with van der Waals surface area (Å²) in [6.45, 7) is 0. The van der Waals surface area contributed by atoms with Crippen LogP contribution in [0.1, 0.15) is 11.4 Å². The summed E-state index contributed by atoms with van der Waals surface area (Å²) in [4.78, 5) is 7.13. The van der Waals surface area contributed by atoms with E-state index < -0.39 is 11.6 Å². The van der Waals surface area contributed by atoms with Crippen LogP contribution in [0.15, 0.2) is 36.4 Å². The van der Waals surface area contributed by atoms with Crippen molar-refractivity contribution < 1.29 is 13.5 Å². The molecule has 5 heteroatoms. The number of halogens is 2. The Balaban J connectivity index is 1.77. The standard InChI is InChI=1S/C16H14F2N2O/c1-21-12-5-2-10(3-6-12)4-7-15-19-14-9-11(17)8-13(18)16(14)20-15/h2-3,5-6,8-9H,4,7H2,1H3,(H,19,20). The van der Waals surface area contributed by atoms with E-state index in [-0.39, 0.29) is 5.52 Å². The average Bonchev–Trinajstić information content (AvgIpc) is 2.89. The molecule has 0 aliphatic heterocycles. The zero-order chi connectivity index (χ0) is 14.8. The molecule has 0 aliphatic rings. The third kappa shape index (κ3) is 2.86. The molecule has 3 rings (SSSR count). The van der Waals surface area contributed by atoms with E-state index in [1.807, 2.05) is 24.3 Å². The molecule has 0 unspecified atom stereocenters. The summed E-state index contributed by atoms with van der Waals surface area (Å²) in [5.74, 6) is 0.202. The second-order valence-corrected chi connectivity index (χ2v) is 4.82. The fraction of sp³-hybridized carbons (Fsp3) is 0.188. The number of hydrogen-bond donors (Lipinski definition) is 1.